The molecule has 0 radical (unpaired) electrons. The van der Waals surface area contributed by atoms with Gasteiger partial charge >= 0.3 is 6.09 Å². The van der Waals surface area contributed by atoms with Crippen LogP contribution in [-0.2, 0) is 16.0 Å². The summed E-state index contributed by atoms with van der Waals surface area (Å²) < 4.78 is 18.4. The summed E-state index contributed by atoms with van der Waals surface area (Å²) in [6.45, 7) is 5.51. The van der Waals surface area contributed by atoms with Gasteiger partial charge in [-0.05, 0) is 61.1 Å². The summed E-state index contributed by atoms with van der Waals surface area (Å²) in [6.07, 6.45) is 1.58. The maximum Gasteiger partial charge on any atom is 0.407 e. The van der Waals surface area contributed by atoms with E-state index in [4.69, 9.17) is 0 Å². The second-order valence-electron chi connectivity index (χ2n) is 8.58. The Morgan fingerprint density at radius 3 is 2.56 bits per heavy atom. The SMILES string of the molecule is CCc1cc(C2[C@H]3CN(C(=O)C4CC(C)(NC(=O)OC)C4)C[C@@H]23)ccc1F. The van der Waals surface area contributed by atoms with Gasteiger partial charge in [0.05, 0.1) is 7.11 Å². The number of hydrogen-bond donors (Lipinski definition) is 1. The van der Waals surface area contributed by atoms with Gasteiger partial charge in [-0.2, -0.15) is 0 Å². The van der Waals surface area contributed by atoms with E-state index in [9.17, 15) is 14.0 Å². The predicted octanol–water partition coefficient (Wildman–Crippen LogP) is 3.08. The highest BCUT2D eigenvalue weighted by atomic mass is 19.1. The van der Waals surface area contributed by atoms with Gasteiger partial charge in [-0.15, -0.1) is 0 Å². The summed E-state index contributed by atoms with van der Waals surface area (Å²) in [5, 5.41) is 2.82. The largest absolute Gasteiger partial charge is 0.453 e. The lowest BCUT2D eigenvalue weighted by Crippen LogP contribution is -2.58. The Bertz CT molecular complexity index is 763. The summed E-state index contributed by atoms with van der Waals surface area (Å²) in [7, 11) is 1.34. The Morgan fingerprint density at radius 1 is 1.30 bits per heavy atom. The van der Waals surface area contributed by atoms with Crippen LogP contribution >= 0.6 is 0 Å². The molecule has 1 N–H and O–H groups in total. The number of halogens is 1. The number of methoxy groups -OCH3 is 1. The maximum absolute atomic E-state index is 13.7. The minimum Gasteiger partial charge on any atom is -0.453 e. The summed E-state index contributed by atoms with van der Waals surface area (Å²) in [4.78, 5) is 26.1. The van der Waals surface area contributed by atoms with Crippen molar-refractivity contribution in [1.82, 2.24) is 10.2 Å². The molecule has 4 rings (SSSR count). The van der Waals surface area contributed by atoms with Gasteiger partial charge in [-0.1, -0.05) is 19.1 Å². The van der Waals surface area contributed by atoms with E-state index in [0.29, 0.717) is 37.0 Å². The highest BCUT2D eigenvalue weighted by Gasteiger charge is 2.58. The number of piperidine rings is 1. The van der Waals surface area contributed by atoms with Gasteiger partial charge in [-0.25, -0.2) is 9.18 Å². The van der Waals surface area contributed by atoms with Gasteiger partial charge in [0.25, 0.3) is 0 Å². The number of hydrogen-bond acceptors (Lipinski definition) is 3. The first-order chi connectivity index (χ1) is 12.8. The number of rotatable bonds is 4. The van der Waals surface area contributed by atoms with Crippen LogP contribution < -0.4 is 5.32 Å². The molecule has 27 heavy (non-hydrogen) atoms. The Kier molecular flexibility index (Phi) is 4.40. The molecule has 5 nitrogen and oxygen atoms in total. The van der Waals surface area contributed by atoms with Crippen LogP contribution in [0.2, 0.25) is 0 Å². The van der Waals surface area contributed by atoms with Crippen molar-refractivity contribution in [1.29, 1.82) is 0 Å². The average Bonchev–Trinajstić information content (AvgIpc) is 3.12. The van der Waals surface area contributed by atoms with Crippen LogP contribution in [0.5, 0.6) is 0 Å². The summed E-state index contributed by atoms with van der Waals surface area (Å²) in [5.74, 6) is 1.54. The van der Waals surface area contributed by atoms with Crippen molar-refractivity contribution in [2.24, 2.45) is 17.8 Å². The molecule has 1 aromatic carbocycles. The van der Waals surface area contributed by atoms with Gasteiger partial charge in [0.1, 0.15) is 5.82 Å². The third-order valence-corrected chi connectivity index (χ3v) is 6.67. The van der Waals surface area contributed by atoms with Crippen LogP contribution in [0.15, 0.2) is 18.2 Å². The van der Waals surface area contributed by atoms with E-state index in [0.717, 1.165) is 18.7 Å². The molecule has 146 valence electrons. The highest BCUT2D eigenvalue weighted by Crippen LogP contribution is 2.58. The molecule has 1 aliphatic heterocycles. The molecule has 1 saturated heterocycles. The van der Waals surface area contributed by atoms with Crippen LogP contribution in [0.4, 0.5) is 9.18 Å². The molecule has 1 unspecified atom stereocenters. The van der Waals surface area contributed by atoms with Crippen molar-refractivity contribution < 1.29 is 18.7 Å². The number of ether oxygens (including phenoxy) is 1. The molecule has 0 spiro atoms. The Morgan fingerprint density at radius 2 is 1.96 bits per heavy atom. The van der Waals surface area contributed by atoms with E-state index < -0.39 is 6.09 Å². The number of amides is 2. The molecule has 6 heteroatoms. The number of nitrogens with zero attached hydrogens (tertiary/aromatic N) is 1. The van der Waals surface area contributed by atoms with Gasteiger partial charge < -0.3 is 15.0 Å². The van der Waals surface area contributed by atoms with Crippen LogP contribution in [0.3, 0.4) is 0 Å². The molecule has 1 aromatic rings. The Hall–Kier alpha value is -2.11. The fourth-order valence-electron chi connectivity index (χ4n) is 5.13. The first kappa shape index (κ1) is 18.3. The van der Waals surface area contributed by atoms with Gasteiger partial charge in [-0.3, -0.25) is 4.79 Å². The number of fused-ring (bicyclic) bond motifs is 1. The molecule has 2 aliphatic carbocycles. The van der Waals surface area contributed by atoms with Gasteiger partial charge in [0.2, 0.25) is 5.91 Å². The molecule has 3 atom stereocenters. The smallest absolute Gasteiger partial charge is 0.407 e. The topological polar surface area (TPSA) is 58.6 Å². The monoisotopic (exact) mass is 374 g/mol. The van der Waals surface area contributed by atoms with Crippen molar-refractivity contribution >= 4 is 12.0 Å². The molecule has 1 heterocycles. The minimum atomic E-state index is -0.445. The van der Waals surface area contributed by atoms with Crippen molar-refractivity contribution in [2.75, 3.05) is 20.2 Å². The maximum atomic E-state index is 13.7. The van der Waals surface area contributed by atoms with Crippen LogP contribution in [0.25, 0.3) is 0 Å². The number of carbonyl (C=O) groups excluding carboxylic acids is 2. The highest BCUT2D eigenvalue weighted by molar-refractivity contribution is 5.81. The molecular formula is C21H27FN2O3. The molecule has 0 aromatic heterocycles. The number of nitrogens with one attached hydrogen (secondary N) is 1. The number of carbonyl (C=O) groups is 2. The Labute approximate surface area is 159 Å². The lowest BCUT2D eigenvalue weighted by Gasteiger charge is -2.45. The van der Waals surface area contributed by atoms with Crippen LogP contribution in [0, 0.1) is 23.6 Å². The number of likely N-dealkylation sites (tertiary alicyclic amines) is 1. The van der Waals surface area contributed by atoms with Crippen LogP contribution in [0.1, 0.15) is 43.7 Å². The van der Waals surface area contributed by atoms with Gasteiger partial charge in [0, 0.05) is 24.5 Å². The van der Waals surface area contributed by atoms with Crippen LogP contribution in [-0.4, -0.2) is 42.6 Å². The van der Waals surface area contributed by atoms with Gasteiger partial charge in [0.15, 0.2) is 0 Å². The van der Waals surface area contributed by atoms with E-state index in [1.54, 1.807) is 6.07 Å². The minimum absolute atomic E-state index is 0.0133. The lowest BCUT2D eigenvalue weighted by atomic mass is 9.69. The van der Waals surface area contributed by atoms with E-state index in [1.165, 1.54) is 12.7 Å². The zero-order valence-electron chi connectivity index (χ0n) is 16.1. The number of benzene rings is 1. The summed E-state index contributed by atoms with van der Waals surface area (Å²) in [5.41, 5.74) is 1.65. The van der Waals surface area contributed by atoms with E-state index in [1.807, 2.05) is 30.9 Å². The number of aryl methyl sites for hydroxylation is 1. The molecule has 3 aliphatic rings. The third kappa shape index (κ3) is 3.19. The first-order valence-electron chi connectivity index (χ1n) is 9.78. The average molecular weight is 374 g/mol. The van der Waals surface area contributed by atoms with Crippen molar-refractivity contribution in [3.05, 3.63) is 35.1 Å². The summed E-state index contributed by atoms with van der Waals surface area (Å²) >= 11 is 0. The fraction of sp³-hybridized carbons (Fsp3) is 0.619. The first-order valence-corrected chi connectivity index (χ1v) is 9.78. The zero-order valence-corrected chi connectivity index (χ0v) is 16.1. The third-order valence-electron chi connectivity index (χ3n) is 6.67. The summed E-state index contributed by atoms with van der Waals surface area (Å²) in [6, 6.07) is 5.48. The second-order valence-corrected chi connectivity index (χ2v) is 8.58. The normalized spacial score (nSPS) is 33.9. The van der Waals surface area contributed by atoms with E-state index in [-0.39, 0.29) is 23.2 Å². The predicted molar refractivity (Wildman–Crippen MR) is 98.7 cm³/mol. The molecule has 3 fully saturated rings. The lowest BCUT2D eigenvalue weighted by molar-refractivity contribution is -0.140. The molecule has 2 saturated carbocycles. The van der Waals surface area contributed by atoms with E-state index >= 15 is 0 Å². The molecular weight excluding hydrogens is 347 g/mol. The van der Waals surface area contributed by atoms with E-state index in [2.05, 4.69) is 10.1 Å². The quantitative estimate of drug-likeness (QED) is 0.881. The molecule has 2 amide bonds. The molecule has 0 bridgehead atoms. The second kappa shape index (κ2) is 6.50. The fourth-order valence-corrected chi connectivity index (χ4v) is 5.13. The van der Waals surface area contributed by atoms with Crippen molar-refractivity contribution in [3.63, 3.8) is 0 Å². The van der Waals surface area contributed by atoms with Crippen molar-refractivity contribution in [3.8, 4) is 0 Å². The Balaban J connectivity index is 1.30. The standard InChI is InChI=1S/C21H27FN2O3/c1-4-12-7-13(5-6-17(12)22)18-15-10-24(11-16(15)18)19(25)14-8-21(2,9-14)23-20(26)27-3/h5-7,14-16,18H,4,8-11H2,1-3H3,(H,23,26)/t14?,15-,16+,18?,21?. The zero-order chi connectivity index (χ0) is 19.3. The van der Waals surface area contributed by atoms with Crippen molar-refractivity contribution in [2.45, 2.75) is 44.6 Å². The number of alkyl carbamates (subject to hydrolysis) is 1.